The maximum Gasteiger partial charge on any atom is 0.320 e. The summed E-state index contributed by atoms with van der Waals surface area (Å²) in [5.41, 5.74) is 11.2. The van der Waals surface area contributed by atoms with Crippen molar-refractivity contribution in [3.05, 3.63) is 59.2 Å². The summed E-state index contributed by atoms with van der Waals surface area (Å²) >= 11 is 0. The van der Waals surface area contributed by atoms with Gasteiger partial charge in [-0.05, 0) is 48.1 Å². The Kier molecular flexibility index (Phi) is 4.20. The van der Waals surface area contributed by atoms with Crippen molar-refractivity contribution in [2.75, 3.05) is 0 Å². The lowest BCUT2D eigenvalue weighted by atomic mass is 9.90. The Morgan fingerprint density at radius 1 is 1.10 bits per heavy atom. The van der Waals surface area contributed by atoms with Crippen molar-refractivity contribution < 1.29 is 9.90 Å². The highest BCUT2D eigenvalue weighted by atomic mass is 16.4. The van der Waals surface area contributed by atoms with Gasteiger partial charge in [0.05, 0.1) is 0 Å². The van der Waals surface area contributed by atoms with Gasteiger partial charge in [-0.2, -0.15) is 0 Å². The van der Waals surface area contributed by atoms with Crippen LogP contribution in [0.1, 0.15) is 16.7 Å². The fraction of sp³-hybridized carbons (Fsp3) is 0.235. The summed E-state index contributed by atoms with van der Waals surface area (Å²) in [5.74, 6) is -0.971. The van der Waals surface area contributed by atoms with Gasteiger partial charge >= 0.3 is 5.97 Å². The van der Waals surface area contributed by atoms with Crippen LogP contribution in [0, 0.1) is 13.8 Å². The molecule has 2 rings (SSSR count). The highest BCUT2D eigenvalue weighted by molar-refractivity contribution is 5.77. The lowest BCUT2D eigenvalue weighted by Crippen LogP contribution is -2.32. The van der Waals surface area contributed by atoms with Gasteiger partial charge < -0.3 is 10.8 Å². The molecule has 2 aromatic rings. The second-order valence-electron chi connectivity index (χ2n) is 5.07. The zero-order chi connectivity index (χ0) is 14.7. The summed E-state index contributed by atoms with van der Waals surface area (Å²) in [5, 5.41) is 8.99. The molecule has 3 N–H and O–H groups in total. The maximum atomic E-state index is 11.0. The molecule has 3 nitrogen and oxygen atoms in total. The molecular formula is C17H19NO2. The van der Waals surface area contributed by atoms with Gasteiger partial charge in [-0.25, -0.2) is 0 Å². The number of aliphatic carboxylic acids is 1. The molecule has 0 spiro atoms. The first-order chi connectivity index (χ1) is 9.50. The molecule has 0 aliphatic heterocycles. The van der Waals surface area contributed by atoms with E-state index in [0.29, 0.717) is 6.42 Å². The standard InChI is InChI=1S/C17H19NO2/c1-11-6-5-7-12(2)16(11)14-9-4-3-8-13(14)10-15(18)17(19)20/h3-9,15H,10,18H2,1-2H3,(H,19,20). The fourth-order valence-corrected chi connectivity index (χ4v) is 2.51. The van der Waals surface area contributed by atoms with E-state index in [-0.39, 0.29) is 0 Å². The summed E-state index contributed by atoms with van der Waals surface area (Å²) in [6.45, 7) is 4.13. The Bertz CT molecular complexity index is 614. The third-order valence-corrected chi connectivity index (χ3v) is 3.52. The summed E-state index contributed by atoms with van der Waals surface area (Å²) in [6.07, 6.45) is 0.333. The molecule has 3 heteroatoms. The van der Waals surface area contributed by atoms with Crippen LogP contribution in [0.2, 0.25) is 0 Å². The summed E-state index contributed by atoms with van der Waals surface area (Å²) in [7, 11) is 0. The van der Waals surface area contributed by atoms with Gasteiger partial charge in [0.2, 0.25) is 0 Å². The predicted molar refractivity (Wildman–Crippen MR) is 80.7 cm³/mol. The molecule has 0 amide bonds. The molecule has 1 atom stereocenters. The van der Waals surface area contributed by atoms with Crippen LogP contribution >= 0.6 is 0 Å². The second kappa shape index (κ2) is 5.88. The smallest absolute Gasteiger partial charge is 0.320 e. The lowest BCUT2D eigenvalue weighted by molar-refractivity contribution is -0.138. The van der Waals surface area contributed by atoms with E-state index in [0.717, 1.165) is 11.1 Å². The van der Waals surface area contributed by atoms with Crippen molar-refractivity contribution >= 4 is 5.97 Å². The average Bonchev–Trinajstić information content (AvgIpc) is 2.40. The Labute approximate surface area is 119 Å². The first-order valence-corrected chi connectivity index (χ1v) is 6.63. The van der Waals surface area contributed by atoms with E-state index in [1.165, 1.54) is 16.7 Å². The Morgan fingerprint density at radius 3 is 2.30 bits per heavy atom. The van der Waals surface area contributed by atoms with E-state index in [2.05, 4.69) is 26.0 Å². The minimum Gasteiger partial charge on any atom is -0.480 e. The van der Waals surface area contributed by atoms with Crippen LogP contribution in [0.4, 0.5) is 0 Å². The minimum absolute atomic E-state index is 0.333. The zero-order valence-corrected chi connectivity index (χ0v) is 11.8. The molecule has 2 aromatic carbocycles. The van der Waals surface area contributed by atoms with E-state index in [9.17, 15) is 4.79 Å². The zero-order valence-electron chi connectivity index (χ0n) is 11.8. The maximum absolute atomic E-state index is 11.0. The Morgan fingerprint density at radius 2 is 1.70 bits per heavy atom. The Hall–Kier alpha value is -2.13. The van der Waals surface area contributed by atoms with Gasteiger partial charge in [0.25, 0.3) is 0 Å². The molecule has 0 saturated carbocycles. The van der Waals surface area contributed by atoms with Crippen molar-refractivity contribution in [1.82, 2.24) is 0 Å². The van der Waals surface area contributed by atoms with E-state index in [4.69, 9.17) is 10.8 Å². The molecule has 0 aromatic heterocycles. The highest BCUT2D eigenvalue weighted by Crippen LogP contribution is 2.30. The van der Waals surface area contributed by atoms with Crippen LogP contribution in [-0.2, 0) is 11.2 Å². The fourth-order valence-electron chi connectivity index (χ4n) is 2.51. The Balaban J connectivity index is 2.50. The number of carboxylic acid groups (broad SMARTS) is 1. The van der Waals surface area contributed by atoms with Gasteiger partial charge in [-0.3, -0.25) is 4.79 Å². The van der Waals surface area contributed by atoms with E-state index in [1.807, 2.05) is 30.3 Å². The van der Waals surface area contributed by atoms with Crippen molar-refractivity contribution in [3.8, 4) is 11.1 Å². The van der Waals surface area contributed by atoms with Gasteiger partial charge in [-0.15, -0.1) is 0 Å². The molecule has 0 radical (unpaired) electrons. The summed E-state index contributed by atoms with van der Waals surface area (Å²) < 4.78 is 0. The SMILES string of the molecule is Cc1cccc(C)c1-c1ccccc1CC(N)C(=O)O. The van der Waals surface area contributed by atoms with Crippen molar-refractivity contribution in [2.24, 2.45) is 5.73 Å². The molecule has 0 bridgehead atoms. The molecule has 104 valence electrons. The van der Waals surface area contributed by atoms with Gasteiger partial charge in [0, 0.05) is 0 Å². The highest BCUT2D eigenvalue weighted by Gasteiger charge is 2.16. The molecule has 0 saturated heterocycles. The van der Waals surface area contributed by atoms with Gasteiger partial charge in [0.1, 0.15) is 6.04 Å². The normalized spacial score (nSPS) is 12.2. The first kappa shape index (κ1) is 14.3. The monoisotopic (exact) mass is 269 g/mol. The van der Waals surface area contributed by atoms with Crippen molar-refractivity contribution in [1.29, 1.82) is 0 Å². The number of carbonyl (C=O) groups is 1. The molecule has 0 fully saturated rings. The number of rotatable bonds is 4. The lowest BCUT2D eigenvalue weighted by Gasteiger charge is -2.16. The number of hydrogen-bond acceptors (Lipinski definition) is 2. The number of nitrogens with two attached hydrogens (primary N) is 1. The van der Waals surface area contributed by atoms with Crippen LogP contribution in [0.25, 0.3) is 11.1 Å². The van der Waals surface area contributed by atoms with Crippen LogP contribution in [-0.4, -0.2) is 17.1 Å². The second-order valence-corrected chi connectivity index (χ2v) is 5.07. The quantitative estimate of drug-likeness (QED) is 0.897. The first-order valence-electron chi connectivity index (χ1n) is 6.63. The topological polar surface area (TPSA) is 63.3 Å². The van der Waals surface area contributed by atoms with Gasteiger partial charge in [0.15, 0.2) is 0 Å². The molecular weight excluding hydrogens is 250 g/mol. The van der Waals surface area contributed by atoms with Crippen LogP contribution < -0.4 is 5.73 Å². The number of carboxylic acids is 1. The average molecular weight is 269 g/mol. The number of benzene rings is 2. The van der Waals surface area contributed by atoms with Crippen LogP contribution in [0.5, 0.6) is 0 Å². The van der Waals surface area contributed by atoms with E-state index < -0.39 is 12.0 Å². The summed E-state index contributed by atoms with van der Waals surface area (Å²) in [6, 6.07) is 13.1. The number of hydrogen-bond donors (Lipinski definition) is 2. The molecule has 20 heavy (non-hydrogen) atoms. The molecule has 1 unspecified atom stereocenters. The van der Waals surface area contributed by atoms with Crippen molar-refractivity contribution in [3.63, 3.8) is 0 Å². The minimum atomic E-state index is -0.971. The predicted octanol–water partition coefficient (Wildman–Crippen LogP) is 2.92. The van der Waals surface area contributed by atoms with Gasteiger partial charge in [-0.1, -0.05) is 42.5 Å². The molecule has 0 aliphatic carbocycles. The molecule has 0 heterocycles. The molecule has 0 aliphatic rings. The van der Waals surface area contributed by atoms with Crippen LogP contribution in [0.15, 0.2) is 42.5 Å². The van der Waals surface area contributed by atoms with E-state index in [1.54, 1.807) is 0 Å². The largest absolute Gasteiger partial charge is 0.480 e. The third kappa shape index (κ3) is 2.89. The number of aryl methyl sites for hydroxylation is 2. The van der Waals surface area contributed by atoms with E-state index >= 15 is 0 Å². The summed E-state index contributed by atoms with van der Waals surface area (Å²) in [4.78, 5) is 11.0. The van der Waals surface area contributed by atoms with Crippen LogP contribution in [0.3, 0.4) is 0 Å². The third-order valence-electron chi connectivity index (χ3n) is 3.52. The van der Waals surface area contributed by atoms with Crippen molar-refractivity contribution in [2.45, 2.75) is 26.3 Å².